The van der Waals surface area contributed by atoms with Crippen molar-refractivity contribution in [2.45, 2.75) is 52.0 Å². The van der Waals surface area contributed by atoms with Crippen LogP contribution in [-0.4, -0.2) is 40.4 Å². The number of hydrogen-bond acceptors (Lipinski definition) is 6. The van der Waals surface area contributed by atoms with Gasteiger partial charge in [0, 0.05) is 12.3 Å². The van der Waals surface area contributed by atoms with Crippen molar-refractivity contribution in [1.29, 1.82) is 0 Å². The fraction of sp³-hybridized carbons (Fsp3) is 0.818. The van der Waals surface area contributed by atoms with Gasteiger partial charge in [-0.05, 0) is 30.2 Å². The van der Waals surface area contributed by atoms with Gasteiger partial charge in [0.2, 0.25) is 0 Å². The fourth-order valence-corrected chi connectivity index (χ4v) is 1.75. The van der Waals surface area contributed by atoms with E-state index in [-0.39, 0.29) is 6.04 Å². The molecule has 0 fully saturated rings. The molecule has 104 valence electrons. The summed E-state index contributed by atoms with van der Waals surface area (Å²) in [7, 11) is 1.77. The topological polar surface area (TPSA) is 87.2 Å². The molecule has 2 rings (SSSR count). The lowest BCUT2D eigenvalue weighted by Crippen LogP contribution is -2.10. The molecule has 8 nitrogen and oxygen atoms in total. The average Bonchev–Trinajstić information content (AvgIpc) is 2.98. The minimum atomic E-state index is 0.233. The molecule has 19 heavy (non-hydrogen) atoms. The molecule has 2 aromatic heterocycles. The van der Waals surface area contributed by atoms with Crippen LogP contribution in [0, 0.1) is 0 Å². The Bertz CT molecular complexity index is 514. The molecule has 0 spiro atoms. The second kappa shape index (κ2) is 5.85. The van der Waals surface area contributed by atoms with Gasteiger partial charge in [0.05, 0.1) is 13.1 Å². The summed E-state index contributed by atoms with van der Waals surface area (Å²) < 4.78 is 0. The molecule has 0 saturated carbocycles. The Morgan fingerprint density at radius 2 is 1.84 bits per heavy atom. The summed E-state index contributed by atoms with van der Waals surface area (Å²) in [6, 6.07) is 0.233. The average molecular weight is 264 g/mol. The van der Waals surface area contributed by atoms with Crippen LogP contribution in [0.15, 0.2) is 0 Å². The SMILES string of the molecule is CC(C)c1nnn(C(C)CCCc2nnn(C)n2)n1. The number of nitrogens with zero attached hydrogens (tertiary/aromatic N) is 8. The summed E-state index contributed by atoms with van der Waals surface area (Å²) >= 11 is 0. The molecule has 0 aromatic carbocycles. The molecule has 0 radical (unpaired) electrons. The van der Waals surface area contributed by atoms with Crippen LogP contribution in [0.1, 0.15) is 57.2 Å². The summed E-state index contributed by atoms with van der Waals surface area (Å²) in [6.45, 7) is 6.22. The Kier molecular flexibility index (Phi) is 4.18. The summed E-state index contributed by atoms with van der Waals surface area (Å²) in [5, 5.41) is 24.5. The molecule has 1 atom stereocenters. The largest absolute Gasteiger partial charge is 0.177 e. The van der Waals surface area contributed by atoms with Gasteiger partial charge in [0.1, 0.15) is 0 Å². The molecular formula is C11H20N8. The van der Waals surface area contributed by atoms with Crippen molar-refractivity contribution in [3.8, 4) is 0 Å². The van der Waals surface area contributed by atoms with Crippen molar-refractivity contribution in [3.63, 3.8) is 0 Å². The van der Waals surface area contributed by atoms with Crippen molar-refractivity contribution in [2.75, 3.05) is 0 Å². The molecule has 2 aromatic rings. The minimum absolute atomic E-state index is 0.233. The predicted octanol–water partition coefficient (Wildman–Crippen LogP) is 0.904. The third-order valence-corrected chi connectivity index (χ3v) is 2.93. The van der Waals surface area contributed by atoms with Gasteiger partial charge in [-0.3, -0.25) is 0 Å². The van der Waals surface area contributed by atoms with Crippen molar-refractivity contribution >= 4 is 0 Å². The van der Waals surface area contributed by atoms with E-state index < -0.39 is 0 Å². The zero-order valence-corrected chi connectivity index (χ0v) is 11.9. The van der Waals surface area contributed by atoms with Crippen LogP contribution < -0.4 is 0 Å². The Labute approximate surface area is 112 Å². The van der Waals surface area contributed by atoms with Crippen molar-refractivity contribution in [1.82, 2.24) is 40.4 Å². The van der Waals surface area contributed by atoms with E-state index in [1.165, 1.54) is 4.80 Å². The number of tetrazole rings is 2. The maximum absolute atomic E-state index is 4.39. The molecule has 0 aliphatic heterocycles. The van der Waals surface area contributed by atoms with Crippen LogP contribution in [0.4, 0.5) is 0 Å². The van der Waals surface area contributed by atoms with E-state index in [4.69, 9.17) is 0 Å². The summed E-state index contributed by atoms with van der Waals surface area (Å²) in [4.78, 5) is 3.17. The van der Waals surface area contributed by atoms with E-state index in [9.17, 15) is 0 Å². The summed E-state index contributed by atoms with van der Waals surface area (Å²) in [5.41, 5.74) is 0. The number of hydrogen-bond donors (Lipinski definition) is 0. The molecule has 0 aliphatic rings. The van der Waals surface area contributed by atoms with Crippen LogP contribution in [0.25, 0.3) is 0 Å². The van der Waals surface area contributed by atoms with E-state index in [1.807, 2.05) is 0 Å². The highest BCUT2D eigenvalue weighted by Crippen LogP contribution is 2.13. The lowest BCUT2D eigenvalue weighted by atomic mass is 10.1. The number of aryl methyl sites for hydroxylation is 2. The number of aromatic nitrogens is 8. The van der Waals surface area contributed by atoms with E-state index in [0.717, 1.165) is 30.9 Å². The zero-order chi connectivity index (χ0) is 13.8. The quantitative estimate of drug-likeness (QED) is 0.770. The lowest BCUT2D eigenvalue weighted by Gasteiger charge is -2.08. The van der Waals surface area contributed by atoms with Crippen molar-refractivity contribution in [2.24, 2.45) is 7.05 Å². The van der Waals surface area contributed by atoms with E-state index in [2.05, 4.69) is 51.6 Å². The second-order valence-electron chi connectivity index (χ2n) is 5.06. The van der Waals surface area contributed by atoms with E-state index >= 15 is 0 Å². The minimum Gasteiger partial charge on any atom is -0.167 e. The third kappa shape index (κ3) is 3.55. The van der Waals surface area contributed by atoms with Gasteiger partial charge in [0.15, 0.2) is 11.6 Å². The Balaban J connectivity index is 1.81. The van der Waals surface area contributed by atoms with Crippen LogP contribution >= 0.6 is 0 Å². The summed E-state index contributed by atoms with van der Waals surface area (Å²) in [6.07, 6.45) is 2.77. The van der Waals surface area contributed by atoms with Crippen LogP contribution in [-0.2, 0) is 13.5 Å². The van der Waals surface area contributed by atoms with Gasteiger partial charge < -0.3 is 0 Å². The smallest absolute Gasteiger partial charge is 0.167 e. The first kappa shape index (κ1) is 13.6. The fourth-order valence-electron chi connectivity index (χ4n) is 1.75. The first-order valence-corrected chi connectivity index (χ1v) is 6.58. The van der Waals surface area contributed by atoms with Gasteiger partial charge in [-0.1, -0.05) is 13.8 Å². The maximum atomic E-state index is 4.39. The van der Waals surface area contributed by atoms with E-state index in [1.54, 1.807) is 11.8 Å². The van der Waals surface area contributed by atoms with Crippen LogP contribution in [0.5, 0.6) is 0 Å². The zero-order valence-electron chi connectivity index (χ0n) is 11.9. The highest BCUT2D eigenvalue weighted by molar-refractivity contribution is 4.85. The van der Waals surface area contributed by atoms with Crippen LogP contribution in [0.2, 0.25) is 0 Å². The highest BCUT2D eigenvalue weighted by atomic mass is 15.6. The molecular weight excluding hydrogens is 244 g/mol. The second-order valence-corrected chi connectivity index (χ2v) is 5.06. The molecule has 0 saturated heterocycles. The van der Waals surface area contributed by atoms with Gasteiger partial charge in [-0.25, -0.2) is 0 Å². The molecule has 2 heterocycles. The first-order chi connectivity index (χ1) is 9.06. The van der Waals surface area contributed by atoms with Crippen LogP contribution in [0.3, 0.4) is 0 Å². The predicted molar refractivity (Wildman–Crippen MR) is 68.4 cm³/mol. The Morgan fingerprint density at radius 1 is 1.05 bits per heavy atom. The normalized spacial score (nSPS) is 13.1. The Hall–Kier alpha value is -1.86. The van der Waals surface area contributed by atoms with Crippen molar-refractivity contribution in [3.05, 3.63) is 11.6 Å². The standard InChI is InChI=1S/C11H20N8/c1-8(2)11-13-17-19(15-11)9(3)6-5-7-10-12-16-18(4)14-10/h8-9H,5-7H2,1-4H3. The van der Waals surface area contributed by atoms with Gasteiger partial charge in [-0.15, -0.1) is 20.4 Å². The van der Waals surface area contributed by atoms with E-state index in [0.29, 0.717) is 5.92 Å². The molecule has 0 N–H and O–H groups in total. The highest BCUT2D eigenvalue weighted by Gasteiger charge is 2.12. The first-order valence-electron chi connectivity index (χ1n) is 6.58. The molecule has 1 unspecified atom stereocenters. The lowest BCUT2D eigenvalue weighted by molar-refractivity contribution is 0.389. The monoisotopic (exact) mass is 264 g/mol. The van der Waals surface area contributed by atoms with Crippen molar-refractivity contribution < 1.29 is 0 Å². The molecule has 0 aliphatic carbocycles. The number of rotatable bonds is 6. The van der Waals surface area contributed by atoms with Gasteiger partial charge in [-0.2, -0.15) is 9.59 Å². The third-order valence-electron chi connectivity index (χ3n) is 2.93. The van der Waals surface area contributed by atoms with Gasteiger partial charge in [0.25, 0.3) is 0 Å². The molecule has 0 bridgehead atoms. The molecule has 8 heteroatoms. The van der Waals surface area contributed by atoms with Gasteiger partial charge >= 0.3 is 0 Å². The molecule has 0 amide bonds. The maximum Gasteiger partial charge on any atom is 0.177 e. The summed E-state index contributed by atoms with van der Waals surface area (Å²) in [5.74, 6) is 1.89. The Morgan fingerprint density at radius 3 is 2.42 bits per heavy atom.